The minimum absolute atomic E-state index is 0.229. The molecule has 1 aliphatic rings. The van der Waals surface area contributed by atoms with Crippen LogP contribution in [0.1, 0.15) is 80.0 Å². The van der Waals surface area contributed by atoms with E-state index in [2.05, 4.69) is 10.6 Å². The summed E-state index contributed by atoms with van der Waals surface area (Å²) in [5, 5.41) is 5.55. The van der Waals surface area contributed by atoms with Gasteiger partial charge in [0.2, 0.25) is 11.8 Å². The maximum Gasteiger partial charge on any atom is 0.306 e. The number of ether oxygens (including phenoxy) is 1. The van der Waals surface area contributed by atoms with Gasteiger partial charge >= 0.3 is 5.97 Å². The van der Waals surface area contributed by atoms with Gasteiger partial charge in [-0.15, -0.1) is 0 Å². The van der Waals surface area contributed by atoms with E-state index in [1.54, 1.807) is 24.3 Å². The Morgan fingerprint density at radius 2 is 1.63 bits per heavy atom. The number of esters is 1. The Morgan fingerprint density at radius 3 is 2.20 bits per heavy atom. The fraction of sp³-hybridized carbons (Fsp3) is 0.560. The third-order valence-corrected chi connectivity index (χ3v) is 6.00. The van der Waals surface area contributed by atoms with Gasteiger partial charge in [-0.05, 0) is 65.0 Å². The van der Waals surface area contributed by atoms with Gasteiger partial charge in [0.25, 0.3) is 11.8 Å². The molecule has 0 unspecified atom stereocenters. The third-order valence-electron chi connectivity index (χ3n) is 5.30. The summed E-state index contributed by atoms with van der Waals surface area (Å²) in [5.74, 6) is -1.40. The van der Waals surface area contributed by atoms with Crippen LogP contribution in [0.15, 0.2) is 24.3 Å². The molecule has 0 spiro atoms. The second-order valence-corrected chi connectivity index (χ2v) is 10.2. The molecule has 1 atom stereocenters. The molecule has 0 saturated carbocycles. The predicted molar refractivity (Wildman–Crippen MR) is 139 cm³/mol. The molecule has 1 heterocycles. The number of alkyl halides is 1. The fourth-order valence-corrected chi connectivity index (χ4v) is 3.90. The van der Waals surface area contributed by atoms with Gasteiger partial charge in [-0.25, -0.2) is 0 Å². The van der Waals surface area contributed by atoms with Gasteiger partial charge in [0.15, 0.2) is 0 Å². The van der Waals surface area contributed by atoms with E-state index in [0.717, 1.165) is 0 Å². The predicted octanol–water partition coefficient (Wildman–Crippen LogP) is 3.00. The summed E-state index contributed by atoms with van der Waals surface area (Å²) in [6.07, 6.45) is 2.92. The van der Waals surface area contributed by atoms with Gasteiger partial charge in [-0.3, -0.25) is 28.9 Å². The summed E-state index contributed by atoms with van der Waals surface area (Å²) in [6, 6.07) is 6.03. The van der Waals surface area contributed by atoms with Crippen LogP contribution in [0, 0.1) is 0 Å². The summed E-state index contributed by atoms with van der Waals surface area (Å²) >= 11 is 1.93. The molecular formula is C25H34IN3O6. The molecule has 0 bridgehead atoms. The van der Waals surface area contributed by atoms with Gasteiger partial charge in [0, 0.05) is 19.5 Å². The molecule has 0 aromatic heterocycles. The molecule has 0 fully saturated rings. The number of amides is 4. The number of nitrogens with zero attached hydrogens (tertiary/aromatic N) is 1. The summed E-state index contributed by atoms with van der Waals surface area (Å²) in [5.41, 5.74) is 0.306. The standard InChI is InChI=1S/C25H34IN3O6/c1-25(2,3)35-21(31)13-6-8-14-27-22(32)19(28-20(30)16-26)12-7-9-15-29-23(33)17-10-4-5-11-18(17)24(29)34/h4-5,10-11,19H,6-9,12-16H2,1-3H3,(H,27,32)(H,28,30)/t19-/m0/s1. The van der Waals surface area contributed by atoms with Crippen molar-refractivity contribution in [3.05, 3.63) is 35.4 Å². The van der Waals surface area contributed by atoms with Crippen molar-refractivity contribution < 1.29 is 28.7 Å². The zero-order chi connectivity index (χ0) is 26.0. The number of benzene rings is 1. The van der Waals surface area contributed by atoms with Crippen molar-refractivity contribution in [2.24, 2.45) is 0 Å². The molecule has 35 heavy (non-hydrogen) atoms. The second-order valence-electron chi connectivity index (χ2n) is 9.39. The molecule has 0 saturated heterocycles. The number of imide groups is 1. The maximum atomic E-state index is 12.6. The molecule has 1 aromatic carbocycles. The number of carbonyl (C=O) groups is 5. The second kappa shape index (κ2) is 13.6. The van der Waals surface area contributed by atoms with E-state index in [4.69, 9.17) is 4.74 Å². The molecule has 2 rings (SSSR count). The SMILES string of the molecule is CC(C)(C)OC(=O)CCCCNC(=O)[C@H](CCCCN1C(=O)c2ccccc2C1=O)NC(=O)CI. The van der Waals surface area contributed by atoms with Crippen molar-refractivity contribution in [2.75, 3.05) is 17.5 Å². The van der Waals surface area contributed by atoms with Crippen molar-refractivity contribution >= 4 is 52.2 Å². The molecule has 1 aliphatic heterocycles. The van der Waals surface area contributed by atoms with Crippen LogP contribution in [0.5, 0.6) is 0 Å². The number of hydrogen-bond acceptors (Lipinski definition) is 6. The summed E-state index contributed by atoms with van der Waals surface area (Å²) in [4.78, 5) is 62.5. The zero-order valence-corrected chi connectivity index (χ0v) is 22.7. The lowest BCUT2D eigenvalue weighted by Crippen LogP contribution is -2.47. The Bertz CT molecular complexity index is 908. The van der Waals surface area contributed by atoms with Crippen LogP contribution >= 0.6 is 22.6 Å². The van der Waals surface area contributed by atoms with E-state index >= 15 is 0 Å². The van der Waals surface area contributed by atoms with Crippen LogP contribution in [-0.4, -0.2) is 63.7 Å². The van der Waals surface area contributed by atoms with Crippen molar-refractivity contribution in [1.82, 2.24) is 15.5 Å². The van der Waals surface area contributed by atoms with Gasteiger partial charge in [-0.1, -0.05) is 34.7 Å². The quantitative estimate of drug-likeness (QED) is 0.118. The van der Waals surface area contributed by atoms with Gasteiger partial charge < -0.3 is 15.4 Å². The van der Waals surface area contributed by atoms with E-state index in [0.29, 0.717) is 49.8 Å². The Kier molecular flexibility index (Phi) is 11.1. The van der Waals surface area contributed by atoms with E-state index in [-0.39, 0.29) is 47.0 Å². The fourth-order valence-electron chi connectivity index (χ4n) is 3.68. The molecule has 4 amide bonds. The van der Waals surface area contributed by atoms with Crippen LogP contribution in [0.4, 0.5) is 0 Å². The topological polar surface area (TPSA) is 122 Å². The van der Waals surface area contributed by atoms with E-state index in [1.807, 2.05) is 43.4 Å². The molecule has 2 N–H and O–H groups in total. The maximum absolute atomic E-state index is 12.6. The summed E-state index contributed by atoms with van der Waals surface area (Å²) in [7, 11) is 0. The lowest BCUT2D eigenvalue weighted by atomic mass is 10.1. The van der Waals surface area contributed by atoms with E-state index < -0.39 is 11.6 Å². The smallest absolute Gasteiger partial charge is 0.306 e. The summed E-state index contributed by atoms with van der Waals surface area (Å²) < 4.78 is 5.49. The van der Waals surface area contributed by atoms with Crippen molar-refractivity contribution in [3.63, 3.8) is 0 Å². The monoisotopic (exact) mass is 599 g/mol. The minimum atomic E-state index is -0.703. The number of nitrogens with one attached hydrogen (secondary N) is 2. The van der Waals surface area contributed by atoms with Crippen LogP contribution in [0.2, 0.25) is 0 Å². The van der Waals surface area contributed by atoms with Crippen LogP contribution in [-0.2, 0) is 19.1 Å². The lowest BCUT2D eigenvalue weighted by molar-refractivity contribution is -0.154. The molecule has 9 nitrogen and oxygen atoms in total. The molecule has 192 valence electrons. The first-order chi connectivity index (χ1) is 16.5. The summed E-state index contributed by atoms with van der Waals surface area (Å²) in [6.45, 7) is 6.08. The van der Waals surface area contributed by atoms with Gasteiger partial charge in [0.05, 0.1) is 15.6 Å². The molecule has 0 aliphatic carbocycles. The highest BCUT2D eigenvalue weighted by Crippen LogP contribution is 2.22. The molecule has 10 heteroatoms. The van der Waals surface area contributed by atoms with Crippen LogP contribution in [0.25, 0.3) is 0 Å². The molecule has 1 aromatic rings. The normalized spacial score (nSPS) is 13.9. The highest BCUT2D eigenvalue weighted by atomic mass is 127. The first kappa shape index (κ1) is 28.7. The Hall–Kier alpha value is -2.50. The first-order valence-corrected chi connectivity index (χ1v) is 13.4. The average Bonchev–Trinajstić information content (AvgIpc) is 3.04. The minimum Gasteiger partial charge on any atom is -0.460 e. The van der Waals surface area contributed by atoms with Crippen molar-refractivity contribution in [1.29, 1.82) is 0 Å². The highest BCUT2D eigenvalue weighted by Gasteiger charge is 2.34. The number of hydrogen-bond donors (Lipinski definition) is 2. The molecule has 0 radical (unpaired) electrons. The third kappa shape index (κ3) is 9.23. The van der Waals surface area contributed by atoms with E-state index in [1.165, 1.54) is 4.90 Å². The average molecular weight is 599 g/mol. The number of rotatable bonds is 13. The first-order valence-electron chi connectivity index (χ1n) is 11.8. The van der Waals surface area contributed by atoms with Crippen LogP contribution < -0.4 is 10.6 Å². The number of fused-ring (bicyclic) bond motifs is 1. The Balaban J connectivity index is 1.75. The number of unbranched alkanes of at least 4 members (excludes halogenated alkanes) is 2. The van der Waals surface area contributed by atoms with Crippen molar-refractivity contribution in [2.45, 2.75) is 70.9 Å². The van der Waals surface area contributed by atoms with Crippen molar-refractivity contribution in [3.8, 4) is 0 Å². The highest BCUT2D eigenvalue weighted by molar-refractivity contribution is 14.1. The lowest BCUT2D eigenvalue weighted by Gasteiger charge is -2.20. The Morgan fingerprint density at radius 1 is 1.00 bits per heavy atom. The zero-order valence-electron chi connectivity index (χ0n) is 20.5. The van der Waals surface area contributed by atoms with Gasteiger partial charge in [0.1, 0.15) is 11.6 Å². The number of halogens is 1. The van der Waals surface area contributed by atoms with Gasteiger partial charge in [-0.2, -0.15) is 0 Å². The Labute approximate surface area is 219 Å². The number of carbonyl (C=O) groups excluding carboxylic acids is 5. The molecular weight excluding hydrogens is 565 g/mol. The van der Waals surface area contributed by atoms with Crippen LogP contribution in [0.3, 0.4) is 0 Å². The largest absolute Gasteiger partial charge is 0.460 e. The van der Waals surface area contributed by atoms with E-state index in [9.17, 15) is 24.0 Å².